The maximum Gasteiger partial charge on any atom is 0.241 e. The van der Waals surface area contributed by atoms with Crippen LogP contribution < -0.4 is 15.8 Å². The fraction of sp³-hybridized carbons (Fsp3) is 0.333. The summed E-state index contributed by atoms with van der Waals surface area (Å²) in [6.07, 6.45) is 2.70. The first-order valence-corrected chi connectivity index (χ1v) is 13.7. The Bertz CT molecular complexity index is 1310. The highest BCUT2D eigenvalue weighted by Gasteiger charge is 2.27. The number of amides is 1. The topological polar surface area (TPSA) is 128 Å². The predicted octanol–water partition coefficient (Wildman–Crippen LogP) is 2.84. The highest BCUT2D eigenvalue weighted by atomic mass is 32.2. The Labute approximate surface area is 212 Å². The number of hydrogen-bond acceptors (Lipinski definition) is 4. The molecule has 1 unspecified atom stereocenters. The summed E-state index contributed by atoms with van der Waals surface area (Å²) in [5.74, 6) is -0.163. The van der Waals surface area contributed by atoms with Gasteiger partial charge in [0.05, 0.1) is 4.90 Å². The van der Waals surface area contributed by atoms with Crippen LogP contribution in [0.1, 0.15) is 24.8 Å². The zero-order valence-electron chi connectivity index (χ0n) is 20.2. The van der Waals surface area contributed by atoms with E-state index in [0.717, 1.165) is 35.7 Å². The van der Waals surface area contributed by atoms with Crippen molar-refractivity contribution < 1.29 is 13.2 Å². The van der Waals surface area contributed by atoms with E-state index in [1.165, 1.54) is 0 Å². The molecule has 8 nitrogen and oxygen atoms in total. The van der Waals surface area contributed by atoms with Crippen molar-refractivity contribution in [3.63, 3.8) is 0 Å². The molecule has 36 heavy (non-hydrogen) atoms. The third-order valence-electron chi connectivity index (χ3n) is 6.63. The first-order chi connectivity index (χ1) is 17.3. The molecule has 1 fully saturated rings. The Morgan fingerprint density at radius 2 is 1.78 bits per heavy atom. The first-order valence-electron chi connectivity index (χ1n) is 12.2. The van der Waals surface area contributed by atoms with E-state index in [1.54, 1.807) is 23.1 Å². The Kier molecular flexibility index (Phi) is 8.22. The minimum atomic E-state index is -3.93. The van der Waals surface area contributed by atoms with Crippen LogP contribution in [-0.2, 0) is 21.2 Å². The maximum atomic E-state index is 13.3. The summed E-state index contributed by atoms with van der Waals surface area (Å²) in [6.45, 7) is 1.75. The van der Waals surface area contributed by atoms with E-state index in [-0.39, 0.29) is 22.7 Å². The van der Waals surface area contributed by atoms with Crippen molar-refractivity contribution in [2.75, 3.05) is 19.6 Å². The van der Waals surface area contributed by atoms with Crippen LogP contribution in [-0.4, -0.2) is 50.9 Å². The van der Waals surface area contributed by atoms with Gasteiger partial charge in [0.1, 0.15) is 6.04 Å². The van der Waals surface area contributed by atoms with Crippen molar-refractivity contribution in [2.45, 2.75) is 36.6 Å². The number of carbonyl (C=O) groups is 1. The maximum absolute atomic E-state index is 13.3. The zero-order valence-corrected chi connectivity index (χ0v) is 21.0. The molecule has 0 bridgehead atoms. The lowest BCUT2D eigenvalue weighted by atomic mass is 9.98. The number of piperidine rings is 1. The third kappa shape index (κ3) is 6.61. The van der Waals surface area contributed by atoms with Crippen LogP contribution in [0.2, 0.25) is 0 Å². The van der Waals surface area contributed by atoms with E-state index in [2.05, 4.69) is 10.0 Å². The molecule has 3 aromatic carbocycles. The highest BCUT2D eigenvalue weighted by molar-refractivity contribution is 7.89. The molecular formula is C27H33N5O3S. The van der Waals surface area contributed by atoms with Crippen molar-refractivity contribution >= 4 is 32.7 Å². The molecule has 1 saturated heterocycles. The lowest BCUT2D eigenvalue weighted by Gasteiger charge is -2.33. The summed E-state index contributed by atoms with van der Waals surface area (Å²) in [5, 5.41) is 12.4. The quantitative estimate of drug-likeness (QED) is 0.262. The molecule has 1 aliphatic rings. The fourth-order valence-corrected chi connectivity index (χ4v) is 5.87. The lowest BCUT2D eigenvalue weighted by molar-refractivity contribution is -0.123. The molecule has 9 heteroatoms. The molecule has 5 N–H and O–H groups in total. The number of nitrogens with two attached hydrogens (primary N) is 1. The molecule has 2 atom stereocenters. The van der Waals surface area contributed by atoms with Gasteiger partial charge in [0, 0.05) is 19.6 Å². The molecule has 4 rings (SSSR count). The minimum Gasteiger partial charge on any atom is -0.370 e. The van der Waals surface area contributed by atoms with Gasteiger partial charge < -0.3 is 16.0 Å². The predicted molar refractivity (Wildman–Crippen MR) is 142 cm³/mol. The van der Waals surface area contributed by atoms with Gasteiger partial charge in [-0.15, -0.1) is 0 Å². The average Bonchev–Trinajstić information content (AvgIpc) is 2.90. The van der Waals surface area contributed by atoms with Crippen LogP contribution in [0.5, 0.6) is 0 Å². The average molecular weight is 508 g/mol. The number of hydrogen-bond donors (Lipinski definition) is 4. The number of likely N-dealkylation sites (tertiary alicyclic amines) is 1. The summed E-state index contributed by atoms with van der Waals surface area (Å²) in [7, 11) is -3.93. The van der Waals surface area contributed by atoms with Gasteiger partial charge >= 0.3 is 0 Å². The monoisotopic (exact) mass is 507 g/mol. The Hall–Kier alpha value is -3.43. The molecule has 0 aliphatic carbocycles. The van der Waals surface area contributed by atoms with Crippen LogP contribution >= 0.6 is 0 Å². The Morgan fingerprint density at radius 3 is 2.53 bits per heavy atom. The summed E-state index contributed by atoms with van der Waals surface area (Å²) in [5.41, 5.74) is 6.66. The van der Waals surface area contributed by atoms with Crippen molar-refractivity contribution in [3.05, 3.63) is 78.4 Å². The molecule has 0 spiro atoms. The second kappa shape index (κ2) is 11.5. The number of sulfonamides is 1. The first kappa shape index (κ1) is 25.7. The van der Waals surface area contributed by atoms with Crippen LogP contribution in [0.15, 0.2) is 77.7 Å². The van der Waals surface area contributed by atoms with E-state index in [9.17, 15) is 13.2 Å². The second-order valence-corrected chi connectivity index (χ2v) is 11.0. The summed E-state index contributed by atoms with van der Waals surface area (Å²) >= 11 is 0. The fourth-order valence-electron chi connectivity index (χ4n) is 4.61. The SMILES string of the molecule is N=C(N)N1CCCC(CNC(=O)[C@@H](CCc2ccccc2)NS(=O)(=O)c2ccc3ccccc3c2)C1. The van der Waals surface area contributed by atoms with Crippen molar-refractivity contribution in [1.29, 1.82) is 5.41 Å². The molecule has 1 amide bonds. The van der Waals surface area contributed by atoms with Crippen LogP contribution in [0, 0.1) is 11.3 Å². The van der Waals surface area contributed by atoms with Gasteiger partial charge in [-0.1, -0.05) is 60.7 Å². The summed E-state index contributed by atoms with van der Waals surface area (Å²) in [4.78, 5) is 15.2. The van der Waals surface area contributed by atoms with E-state index < -0.39 is 16.1 Å². The molecule has 0 radical (unpaired) electrons. The van der Waals surface area contributed by atoms with Crippen molar-refractivity contribution in [1.82, 2.24) is 14.9 Å². The molecule has 0 saturated carbocycles. The van der Waals surface area contributed by atoms with E-state index >= 15 is 0 Å². The summed E-state index contributed by atoms with van der Waals surface area (Å²) in [6, 6.07) is 21.3. The number of benzene rings is 3. The van der Waals surface area contributed by atoms with Crippen molar-refractivity contribution in [2.24, 2.45) is 11.7 Å². The molecule has 190 valence electrons. The normalized spacial score (nSPS) is 17.0. The zero-order chi connectivity index (χ0) is 25.5. The smallest absolute Gasteiger partial charge is 0.241 e. The number of nitrogens with zero attached hydrogens (tertiary/aromatic N) is 1. The molecular weight excluding hydrogens is 474 g/mol. The number of rotatable bonds is 9. The number of carbonyl (C=O) groups excluding carboxylic acids is 1. The van der Waals surface area contributed by atoms with Crippen LogP contribution in [0.4, 0.5) is 0 Å². The van der Waals surface area contributed by atoms with Gasteiger partial charge in [-0.25, -0.2) is 8.42 Å². The third-order valence-corrected chi connectivity index (χ3v) is 8.10. The number of aryl methyl sites for hydroxylation is 1. The Morgan fingerprint density at radius 1 is 1.06 bits per heavy atom. The lowest BCUT2D eigenvalue weighted by Crippen LogP contribution is -2.50. The van der Waals surface area contributed by atoms with Gasteiger partial charge in [-0.2, -0.15) is 4.72 Å². The van der Waals surface area contributed by atoms with Crippen LogP contribution in [0.25, 0.3) is 10.8 Å². The van der Waals surface area contributed by atoms with Crippen LogP contribution in [0.3, 0.4) is 0 Å². The number of fused-ring (bicyclic) bond motifs is 1. The van der Waals surface area contributed by atoms with Gasteiger partial charge in [-0.3, -0.25) is 10.2 Å². The molecule has 3 aromatic rings. The summed E-state index contributed by atoms with van der Waals surface area (Å²) < 4.78 is 29.2. The molecule has 1 heterocycles. The minimum absolute atomic E-state index is 0.0370. The van der Waals surface area contributed by atoms with E-state index in [0.29, 0.717) is 25.9 Å². The van der Waals surface area contributed by atoms with Gasteiger partial charge in [0.25, 0.3) is 0 Å². The second-order valence-electron chi connectivity index (χ2n) is 9.29. The van der Waals surface area contributed by atoms with E-state index in [4.69, 9.17) is 11.1 Å². The number of guanidine groups is 1. The van der Waals surface area contributed by atoms with Gasteiger partial charge in [0.2, 0.25) is 15.9 Å². The van der Waals surface area contributed by atoms with E-state index in [1.807, 2.05) is 54.6 Å². The molecule has 0 aromatic heterocycles. The standard InChI is InChI=1S/C27H33N5O3S/c28-27(29)32-16-6-9-21(19-32)18-30-26(33)25(15-12-20-7-2-1-3-8-20)31-36(34,35)24-14-13-22-10-4-5-11-23(22)17-24/h1-5,7-8,10-11,13-14,17,21,25,31H,6,9,12,15-16,18-19H2,(H3,28,29)(H,30,33)/t21?,25-/m1/s1. The Balaban J connectivity index is 1.48. The number of nitrogens with one attached hydrogen (secondary N) is 3. The molecule has 1 aliphatic heterocycles. The largest absolute Gasteiger partial charge is 0.370 e. The van der Waals surface area contributed by atoms with Crippen molar-refractivity contribution in [3.8, 4) is 0 Å². The van der Waals surface area contributed by atoms with Gasteiger partial charge in [-0.05, 0) is 60.1 Å². The highest BCUT2D eigenvalue weighted by Crippen LogP contribution is 2.20. The van der Waals surface area contributed by atoms with Gasteiger partial charge in [0.15, 0.2) is 5.96 Å².